The monoisotopic (exact) mass is 531 g/mol. The molecule has 4 N–H and O–H groups in total. The van der Waals surface area contributed by atoms with E-state index in [0.717, 1.165) is 33.9 Å². The lowest BCUT2D eigenvalue weighted by atomic mass is 10.1. The van der Waals surface area contributed by atoms with Crippen molar-refractivity contribution in [1.82, 2.24) is 26.1 Å². The van der Waals surface area contributed by atoms with E-state index >= 15 is 0 Å². The second-order valence-corrected chi connectivity index (χ2v) is 10.0. The number of hydrogen-bond donors (Lipinski definition) is 4. The number of amides is 3. The number of nitrogens with one attached hydrogen (secondary N) is 3. The molecule has 2 unspecified atom stereocenters. The maximum atomic E-state index is 12.9. The van der Waals surface area contributed by atoms with Crippen molar-refractivity contribution in [3.63, 3.8) is 0 Å². The van der Waals surface area contributed by atoms with Gasteiger partial charge < -0.3 is 15.7 Å². The fourth-order valence-electron chi connectivity index (χ4n) is 4.09. The molecule has 34 heavy (non-hydrogen) atoms. The number of aliphatic hydroxyl groups is 1. The average Bonchev–Trinajstić information content (AvgIpc) is 3.68. The van der Waals surface area contributed by atoms with Gasteiger partial charge in [0.05, 0.1) is 17.3 Å². The smallest absolute Gasteiger partial charge is 0.258 e. The maximum absolute atomic E-state index is 12.9. The Morgan fingerprint density at radius 1 is 1.15 bits per heavy atom. The summed E-state index contributed by atoms with van der Waals surface area (Å²) >= 11 is 3.46. The molecule has 2 aromatic rings. The predicted molar refractivity (Wildman–Crippen MR) is 130 cm³/mol. The van der Waals surface area contributed by atoms with Gasteiger partial charge in [0, 0.05) is 16.4 Å². The summed E-state index contributed by atoms with van der Waals surface area (Å²) in [5, 5.41) is 17.9. The van der Waals surface area contributed by atoms with E-state index in [1.54, 1.807) is 6.92 Å². The number of carbonyl (C=O) groups excluding carboxylic acids is 3. The summed E-state index contributed by atoms with van der Waals surface area (Å²) in [6.45, 7) is 3.89. The lowest BCUT2D eigenvalue weighted by molar-refractivity contribution is -0.144. The topological polar surface area (TPSA) is 124 Å². The van der Waals surface area contributed by atoms with E-state index in [1.165, 1.54) is 5.01 Å². The maximum Gasteiger partial charge on any atom is 0.258 e. The molecule has 0 radical (unpaired) electrons. The molecular formula is C24H30BrN5O4. The summed E-state index contributed by atoms with van der Waals surface area (Å²) in [4.78, 5) is 42.6. The van der Waals surface area contributed by atoms with Crippen molar-refractivity contribution in [3.05, 3.63) is 40.5 Å². The van der Waals surface area contributed by atoms with Crippen LogP contribution in [0.2, 0.25) is 0 Å². The van der Waals surface area contributed by atoms with E-state index in [9.17, 15) is 19.5 Å². The Labute approximate surface area is 206 Å². The van der Waals surface area contributed by atoms with Crippen LogP contribution < -0.4 is 16.1 Å². The summed E-state index contributed by atoms with van der Waals surface area (Å²) in [6, 6.07) is 8.04. The molecule has 1 aliphatic heterocycles. The van der Waals surface area contributed by atoms with Crippen LogP contribution in [-0.2, 0) is 14.4 Å². The first-order valence-corrected chi connectivity index (χ1v) is 12.4. The standard InChI is InChI=1S/C24H30BrN5O4/c1-13(18-10-8-15-7-9-17(25)12-20(15)28-18)26-22(32)19-4-3-11-30(29-19)24(34)14(2)27-23(33)21(31)16-5-6-16/h7-10,12-14,16,19,21,29,31H,3-6,11H2,1-2H3,(H,26,32)(H,27,33)/t13?,14-,19-,21?/m0/s1. The number of aliphatic hydroxyl groups excluding tert-OH is 1. The normalized spacial score (nSPS) is 20.9. The third-order valence-corrected chi connectivity index (χ3v) is 6.81. The molecule has 1 aromatic heterocycles. The van der Waals surface area contributed by atoms with Gasteiger partial charge in [0.15, 0.2) is 0 Å². The first-order valence-electron chi connectivity index (χ1n) is 11.7. The number of rotatable bonds is 7. The predicted octanol–water partition coefficient (Wildman–Crippen LogP) is 1.95. The molecule has 4 rings (SSSR count). The van der Waals surface area contributed by atoms with Gasteiger partial charge in [-0.3, -0.25) is 24.4 Å². The van der Waals surface area contributed by atoms with Crippen molar-refractivity contribution < 1.29 is 19.5 Å². The molecule has 3 amide bonds. The molecule has 0 bridgehead atoms. The average molecular weight is 532 g/mol. The minimum atomic E-state index is -1.07. The zero-order chi connectivity index (χ0) is 24.4. The first kappa shape index (κ1) is 24.6. The first-order chi connectivity index (χ1) is 16.2. The number of benzene rings is 1. The Hall–Kier alpha value is -2.56. The van der Waals surface area contributed by atoms with Crippen LogP contribution in [0.15, 0.2) is 34.8 Å². The molecular weight excluding hydrogens is 502 g/mol. The highest BCUT2D eigenvalue weighted by Gasteiger charge is 2.37. The number of hydrazine groups is 1. The van der Waals surface area contributed by atoms with E-state index in [0.29, 0.717) is 19.4 Å². The fourth-order valence-corrected chi connectivity index (χ4v) is 4.44. The number of aromatic nitrogens is 1. The van der Waals surface area contributed by atoms with Crippen molar-refractivity contribution in [3.8, 4) is 0 Å². The highest BCUT2D eigenvalue weighted by molar-refractivity contribution is 9.10. The molecule has 0 spiro atoms. The van der Waals surface area contributed by atoms with E-state index in [1.807, 2.05) is 37.3 Å². The third kappa shape index (κ3) is 5.73. The van der Waals surface area contributed by atoms with Crippen LogP contribution >= 0.6 is 15.9 Å². The minimum absolute atomic E-state index is 0.0101. The highest BCUT2D eigenvalue weighted by Crippen LogP contribution is 2.32. The Morgan fingerprint density at radius 3 is 2.62 bits per heavy atom. The quantitative estimate of drug-likeness (QED) is 0.432. The summed E-state index contributed by atoms with van der Waals surface area (Å²) < 4.78 is 0.935. The van der Waals surface area contributed by atoms with Gasteiger partial charge in [-0.1, -0.05) is 28.1 Å². The van der Waals surface area contributed by atoms with Crippen molar-refractivity contribution >= 4 is 44.6 Å². The molecule has 2 heterocycles. The van der Waals surface area contributed by atoms with Gasteiger partial charge in [0.2, 0.25) is 11.8 Å². The van der Waals surface area contributed by atoms with Crippen LogP contribution in [0.25, 0.3) is 10.9 Å². The third-order valence-electron chi connectivity index (χ3n) is 6.31. The molecule has 4 atom stereocenters. The molecule has 1 aliphatic carbocycles. The van der Waals surface area contributed by atoms with Crippen LogP contribution in [0.3, 0.4) is 0 Å². The second kappa shape index (κ2) is 10.4. The fraction of sp³-hybridized carbons (Fsp3) is 0.500. The molecule has 2 fully saturated rings. The highest BCUT2D eigenvalue weighted by atomic mass is 79.9. The van der Waals surface area contributed by atoms with Crippen LogP contribution in [0.1, 0.15) is 51.3 Å². The number of hydrogen-bond acceptors (Lipinski definition) is 6. The molecule has 10 heteroatoms. The van der Waals surface area contributed by atoms with Crippen molar-refractivity contribution in [2.75, 3.05) is 6.54 Å². The van der Waals surface area contributed by atoms with Gasteiger partial charge in [-0.15, -0.1) is 0 Å². The molecule has 1 saturated carbocycles. The number of pyridine rings is 1. The van der Waals surface area contributed by atoms with Gasteiger partial charge in [-0.2, -0.15) is 0 Å². The van der Waals surface area contributed by atoms with Crippen molar-refractivity contribution in [1.29, 1.82) is 0 Å². The van der Waals surface area contributed by atoms with Crippen LogP contribution in [0.5, 0.6) is 0 Å². The largest absolute Gasteiger partial charge is 0.383 e. The number of carbonyl (C=O) groups is 3. The van der Waals surface area contributed by atoms with E-state index < -0.39 is 24.1 Å². The zero-order valence-electron chi connectivity index (χ0n) is 19.3. The van der Waals surface area contributed by atoms with E-state index in [-0.39, 0.29) is 23.8 Å². The van der Waals surface area contributed by atoms with Crippen molar-refractivity contribution in [2.45, 2.75) is 63.8 Å². The van der Waals surface area contributed by atoms with Crippen molar-refractivity contribution in [2.24, 2.45) is 5.92 Å². The number of halogens is 1. The Morgan fingerprint density at radius 2 is 1.88 bits per heavy atom. The summed E-state index contributed by atoms with van der Waals surface area (Å²) in [5.41, 5.74) is 4.58. The van der Waals surface area contributed by atoms with Gasteiger partial charge in [0.1, 0.15) is 18.2 Å². The summed E-state index contributed by atoms with van der Waals surface area (Å²) in [7, 11) is 0. The molecule has 1 saturated heterocycles. The van der Waals surface area contributed by atoms with E-state index in [4.69, 9.17) is 0 Å². The minimum Gasteiger partial charge on any atom is -0.383 e. The van der Waals surface area contributed by atoms with Gasteiger partial charge in [0.25, 0.3) is 5.91 Å². The lowest BCUT2D eigenvalue weighted by Gasteiger charge is -2.35. The molecule has 2 aliphatic rings. The van der Waals surface area contributed by atoms with Gasteiger partial charge >= 0.3 is 0 Å². The van der Waals surface area contributed by atoms with Gasteiger partial charge in [-0.25, -0.2) is 5.43 Å². The van der Waals surface area contributed by atoms with Gasteiger partial charge in [-0.05, 0) is 63.6 Å². The Kier molecular flexibility index (Phi) is 7.49. The zero-order valence-corrected chi connectivity index (χ0v) is 20.8. The number of fused-ring (bicyclic) bond motifs is 1. The summed E-state index contributed by atoms with van der Waals surface area (Å²) in [6.07, 6.45) is 1.81. The molecule has 182 valence electrons. The summed E-state index contributed by atoms with van der Waals surface area (Å²) in [5.74, 6) is -1.10. The number of nitrogens with zero attached hydrogens (tertiary/aromatic N) is 2. The Balaban J connectivity index is 1.33. The second-order valence-electron chi connectivity index (χ2n) is 9.13. The Bertz CT molecular complexity index is 1090. The SMILES string of the molecule is CC(NC(=O)[C@@H]1CCCN(C(=O)[C@H](C)NC(=O)C(O)C2CC2)N1)c1ccc2ccc(Br)cc2n1. The van der Waals surface area contributed by atoms with Crippen LogP contribution in [-0.4, -0.2) is 57.6 Å². The van der Waals surface area contributed by atoms with E-state index in [2.05, 4.69) is 37.0 Å². The molecule has 1 aromatic carbocycles. The van der Waals surface area contributed by atoms with Crippen LogP contribution in [0, 0.1) is 5.92 Å². The van der Waals surface area contributed by atoms with Crippen LogP contribution in [0.4, 0.5) is 0 Å². The lowest BCUT2D eigenvalue weighted by Crippen LogP contribution is -2.61. The molecule has 9 nitrogen and oxygen atoms in total.